The summed E-state index contributed by atoms with van der Waals surface area (Å²) < 4.78 is 4.43. The SMILES string of the molecule is c1ccc(-c2nc3ccccc3c3ccc4c5ccccc5n(-c5cccc(-c6ccc7c8ccccc8nn7c6)c5)c4c23)cc1. The second-order valence-corrected chi connectivity index (χ2v) is 11.9. The van der Waals surface area contributed by atoms with E-state index in [1.807, 2.05) is 10.6 Å². The minimum absolute atomic E-state index is 0.997. The van der Waals surface area contributed by atoms with Gasteiger partial charge in [0.25, 0.3) is 0 Å². The van der Waals surface area contributed by atoms with Crippen LogP contribution in [0.5, 0.6) is 0 Å². The van der Waals surface area contributed by atoms with E-state index in [0.717, 1.165) is 60.8 Å². The van der Waals surface area contributed by atoms with Crippen molar-refractivity contribution in [3.05, 3.63) is 158 Å². The van der Waals surface area contributed by atoms with Crippen molar-refractivity contribution in [1.82, 2.24) is 19.2 Å². The molecule has 4 heterocycles. The summed E-state index contributed by atoms with van der Waals surface area (Å²) in [6.07, 6.45) is 2.14. The van der Waals surface area contributed by atoms with Crippen LogP contribution in [-0.4, -0.2) is 19.2 Å². The molecule has 10 rings (SSSR count). The number of aromatic nitrogens is 4. The Bertz CT molecular complexity index is 2810. The highest BCUT2D eigenvalue weighted by atomic mass is 15.2. The van der Waals surface area contributed by atoms with Gasteiger partial charge in [-0.1, -0.05) is 115 Å². The maximum Gasteiger partial charge on any atom is 0.0933 e. The molecule has 0 amide bonds. The van der Waals surface area contributed by atoms with Crippen molar-refractivity contribution in [3.8, 4) is 28.1 Å². The summed E-state index contributed by atoms with van der Waals surface area (Å²) in [6, 6.07) is 53.9. The van der Waals surface area contributed by atoms with Gasteiger partial charge in [-0.05, 0) is 47.3 Å². The molecule has 0 N–H and O–H groups in total. The molecule has 0 saturated carbocycles. The van der Waals surface area contributed by atoms with Gasteiger partial charge in [-0.2, -0.15) is 5.10 Å². The number of pyridine rings is 2. The molecule has 46 heavy (non-hydrogen) atoms. The van der Waals surface area contributed by atoms with Crippen LogP contribution in [0.2, 0.25) is 0 Å². The summed E-state index contributed by atoms with van der Waals surface area (Å²) in [5, 5.41) is 12.0. The average molecular weight is 587 g/mol. The highest BCUT2D eigenvalue weighted by Crippen LogP contribution is 2.42. The van der Waals surface area contributed by atoms with Crippen LogP contribution in [0.25, 0.3) is 88.0 Å². The highest BCUT2D eigenvalue weighted by Gasteiger charge is 2.20. The van der Waals surface area contributed by atoms with Gasteiger partial charge < -0.3 is 4.57 Å². The Morgan fingerprint density at radius 2 is 1.15 bits per heavy atom. The van der Waals surface area contributed by atoms with Crippen molar-refractivity contribution in [1.29, 1.82) is 0 Å². The summed E-state index contributed by atoms with van der Waals surface area (Å²) in [6.45, 7) is 0. The van der Waals surface area contributed by atoms with E-state index in [-0.39, 0.29) is 0 Å². The average Bonchev–Trinajstić information content (AvgIpc) is 3.67. The van der Waals surface area contributed by atoms with Crippen molar-refractivity contribution in [2.45, 2.75) is 0 Å². The van der Waals surface area contributed by atoms with Crippen molar-refractivity contribution >= 4 is 59.9 Å². The van der Waals surface area contributed by atoms with E-state index >= 15 is 0 Å². The molecule has 0 fully saturated rings. The maximum absolute atomic E-state index is 5.32. The molecule has 4 aromatic heterocycles. The predicted molar refractivity (Wildman–Crippen MR) is 191 cm³/mol. The zero-order valence-electron chi connectivity index (χ0n) is 24.8. The fraction of sp³-hybridized carbons (Fsp3) is 0. The van der Waals surface area contributed by atoms with Crippen molar-refractivity contribution in [2.24, 2.45) is 0 Å². The van der Waals surface area contributed by atoms with E-state index in [9.17, 15) is 0 Å². The zero-order chi connectivity index (χ0) is 30.2. The third kappa shape index (κ3) is 3.61. The van der Waals surface area contributed by atoms with Crippen molar-refractivity contribution < 1.29 is 0 Å². The standard InChI is InChI=1S/C42H26N4/c1-2-11-27(12-3-1)41-40-33(31-15-4-7-18-36(31)43-41)22-23-34-32-16-6-9-20-39(32)46(42(34)40)30-14-10-13-28(25-30)29-21-24-38-35-17-5-8-19-37(35)44-45(38)26-29/h1-26H. The zero-order valence-corrected chi connectivity index (χ0v) is 24.8. The smallest absolute Gasteiger partial charge is 0.0933 e. The summed E-state index contributed by atoms with van der Waals surface area (Å²) in [5.41, 5.74) is 10.9. The summed E-state index contributed by atoms with van der Waals surface area (Å²) >= 11 is 0. The van der Waals surface area contributed by atoms with Crippen molar-refractivity contribution in [2.75, 3.05) is 0 Å². The molecule has 0 aliphatic carbocycles. The first-order valence-electron chi connectivity index (χ1n) is 15.6. The lowest BCUT2D eigenvalue weighted by atomic mass is 9.97. The van der Waals surface area contributed by atoms with Crippen LogP contribution in [0.4, 0.5) is 0 Å². The quantitative estimate of drug-likeness (QED) is 0.193. The molecule has 0 bridgehead atoms. The van der Waals surface area contributed by atoms with Crippen LogP contribution in [0.15, 0.2) is 158 Å². The molecule has 4 nitrogen and oxygen atoms in total. The van der Waals surface area contributed by atoms with Gasteiger partial charge in [0.1, 0.15) is 0 Å². The van der Waals surface area contributed by atoms with Crippen LogP contribution in [-0.2, 0) is 0 Å². The molecular formula is C42H26N4. The number of rotatable bonds is 3. The molecule has 0 unspecified atom stereocenters. The van der Waals surface area contributed by atoms with Gasteiger partial charge in [-0.15, -0.1) is 0 Å². The van der Waals surface area contributed by atoms with Crippen LogP contribution in [0, 0.1) is 0 Å². The molecule has 0 aliphatic heterocycles. The number of benzene rings is 6. The molecule has 0 spiro atoms. The number of hydrogen-bond acceptors (Lipinski definition) is 2. The van der Waals surface area contributed by atoms with Gasteiger partial charge in [0.05, 0.1) is 33.3 Å². The predicted octanol–water partition coefficient (Wildman–Crippen LogP) is 10.6. The summed E-state index contributed by atoms with van der Waals surface area (Å²) in [7, 11) is 0. The molecule has 214 valence electrons. The third-order valence-electron chi connectivity index (χ3n) is 9.31. The Kier molecular flexibility index (Phi) is 5.25. The first-order valence-corrected chi connectivity index (χ1v) is 15.6. The van der Waals surface area contributed by atoms with Crippen LogP contribution < -0.4 is 0 Å². The monoisotopic (exact) mass is 586 g/mol. The van der Waals surface area contributed by atoms with Crippen molar-refractivity contribution in [3.63, 3.8) is 0 Å². The van der Waals surface area contributed by atoms with E-state index in [2.05, 4.69) is 156 Å². The first-order chi connectivity index (χ1) is 22.8. The molecule has 10 aromatic rings. The van der Waals surface area contributed by atoms with E-state index in [1.165, 1.54) is 27.2 Å². The number of fused-ring (bicyclic) bond motifs is 10. The maximum atomic E-state index is 5.32. The summed E-state index contributed by atoms with van der Waals surface area (Å²) in [5.74, 6) is 0. The van der Waals surface area contributed by atoms with Gasteiger partial charge in [-0.3, -0.25) is 0 Å². The second-order valence-electron chi connectivity index (χ2n) is 11.9. The lowest BCUT2D eigenvalue weighted by Gasteiger charge is -2.15. The van der Waals surface area contributed by atoms with Crippen LogP contribution in [0.1, 0.15) is 0 Å². The second kappa shape index (κ2) is 9.62. The van der Waals surface area contributed by atoms with E-state index in [0.29, 0.717) is 0 Å². The van der Waals surface area contributed by atoms with Gasteiger partial charge in [-0.25, -0.2) is 9.50 Å². The highest BCUT2D eigenvalue weighted by molar-refractivity contribution is 6.25. The van der Waals surface area contributed by atoms with Gasteiger partial charge in [0.15, 0.2) is 0 Å². The Balaban J connectivity index is 1.29. The molecule has 0 atom stereocenters. The Labute approximate surface area is 264 Å². The molecule has 6 aromatic carbocycles. The lowest BCUT2D eigenvalue weighted by molar-refractivity contribution is 0.983. The minimum Gasteiger partial charge on any atom is -0.309 e. The first kappa shape index (κ1) is 25.1. The molecule has 0 aliphatic rings. The van der Waals surface area contributed by atoms with E-state index in [1.54, 1.807) is 0 Å². The van der Waals surface area contributed by atoms with E-state index in [4.69, 9.17) is 10.1 Å². The fourth-order valence-electron chi connectivity index (χ4n) is 7.24. The Morgan fingerprint density at radius 1 is 0.435 bits per heavy atom. The van der Waals surface area contributed by atoms with Gasteiger partial charge >= 0.3 is 0 Å². The molecule has 0 radical (unpaired) electrons. The largest absolute Gasteiger partial charge is 0.309 e. The normalized spacial score (nSPS) is 11.9. The summed E-state index contributed by atoms with van der Waals surface area (Å²) in [4.78, 5) is 5.32. The third-order valence-corrected chi connectivity index (χ3v) is 9.31. The molecule has 0 saturated heterocycles. The molecular weight excluding hydrogens is 560 g/mol. The van der Waals surface area contributed by atoms with Gasteiger partial charge in [0.2, 0.25) is 0 Å². The fourth-order valence-corrected chi connectivity index (χ4v) is 7.24. The molecule has 4 heteroatoms. The number of para-hydroxylation sites is 2. The minimum atomic E-state index is 0.997. The lowest BCUT2D eigenvalue weighted by Crippen LogP contribution is -1.97. The van der Waals surface area contributed by atoms with E-state index < -0.39 is 0 Å². The Hall–Kier alpha value is -6.26. The number of hydrogen-bond donors (Lipinski definition) is 0. The Morgan fingerprint density at radius 3 is 2.04 bits per heavy atom. The van der Waals surface area contributed by atoms with Crippen LogP contribution >= 0.6 is 0 Å². The number of nitrogens with zero attached hydrogens (tertiary/aromatic N) is 4. The van der Waals surface area contributed by atoms with Gasteiger partial charge in [0, 0.05) is 49.9 Å². The van der Waals surface area contributed by atoms with Crippen LogP contribution in [0.3, 0.4) is 0 Å². The topological polar surface area (TPSA) is 35.1 Å².